The quantitative estimate of drug-likeness (QED) is 0.848. The van der Waals surface area contributed by atoms with E-state index in [0.717, 1.165) is 10.8 Å². The van der Waals surface area contributed by atoms with Gasteiger partial charge in [-0.2, -0.15) is 0 Å². The highest BCUT2D eigenvalue weighted by Gasteiger charge is 2.15. The molecule has 1 amide bonds. The SMILES string of the molecule is CC(CNC(=O)c1cc2ccccc2c(Cl)n1)C(=O)O. The Labute approximate surface area is 120 Å². The van der Waals surface area contributed by atoms with Gasteiger partial charge in [0, 0.05) is 11.9 Å². The Balaban J connectivity index is 2.20. The van der Waals surface area contributed by atoms with E-state index in [1.54, 1.807) is 6.07 Å². The van der Waals surface area contributed by atoms with E-state index < -0.39 is 17.8 Å². The molecule has 20 heavy (non-hydrogen) atoms. The molecule has 0 aliphatic rings. The number of hydrogen-bond acceptors (Lipinski definition) is 3. The third-order valence-electron chi connectivity index (χ3n) is 2.92. The van der Waals surface area contributed by atoms with Gasteiger partial charge in [-0.1, -0.05) is 42.8 Å². The molecule has 5 nitrogen and oxygen atoms in total. The second-order valence-electron chi connectivity index (χ2n) is 4.47. The van der Waals surface area contributed by atoms with Gasteiger partial charge in [-0.15, -0.1) is 0 Å². The first kappa shape index (κ1) is 14.3. The van der Waals surface area contributed by atoms with Crippen LogP contribution in [0.1, 0.15) is 17.4 Å². The Morgan fingerprint density at radius 1 is 1.40 bits per heavy atom. The van der Waals surface area contributed by atoms with E-state index in [4.69, 9.17) is 16.7 Å². The molecule has 0 aliphatic carbocycles. The number of carboxylic acids is 1. The number of benzene rings is 1. The third-order valence-corrected chi connectivity index (χ3v) is 3.21. The van der Waals surface area contributed by atoms with Crippen LogP contribution in [0.4, 0.5) is 0 Å². The van der Waals surface area contributed by atoms with Gasteiger partial charge in [0.05, 0.1) is 5.92 Å². The van der Waals surface area contributed by atoms with Gasteiger partial charge in [0.2, 0.25) is 0 Å². The first-order chi connectivity index (χ1) is 9.49. The van der Waals surface area contributed by atoms with Crippen molar-refractivity contribution >= 4 is 34.2 Å². The average molecular weight is 293 g/mol. The molecule has 0 saturated heterocycles. The molecule has 2 aromatic rings. The van der Waals surface area contributed by atoms with Crippen LogP contribution < -0.4 is 5.32 Å². The van der Waals surface area contributed by atoms with Crippen molar-refractivity contribution < 1.29 is 14.7 Å². The number of carbonyl (C=O) groups excluding carboxylic acids is 1. The summed E-state index contributed by atoms with van der Waals surface area (Å²) in [4.78, 5) is 26.7. The number of pyridine rings is 1. The van der Waals surface area contributed by atoms with Crippen LogP contribution in [0, 0.1) is 5.92 Å². The molecule has 2 rings (SSSR count). The van der Waals surface area contributed by atoms with E-state index in [9.17, 15) is 9.59 Å². The molecule has 1 aromatic carbocycles. The topological polar surface area (TPSA) is 79.3 Å². The molecule has 0 bridgehead atoms. The van der Waals surface area contributed by atoms with Gasteiger partial charge in [-0.25, -0.2) is 4.98 Å². The number of rotatable bonds is 4. The van der Waals surface area contributed by atoms with Crippen LogP contribution in [-0.2, 0) is 4.79 Å². The minimum absolute atomic E-state index is 0.0420. The van der Waals surface area contributed by atoms with Gasteiger partial charge in [0.25, 0.3) is 5.91 Å². The molecule has 0 saturated carbocycles. The van der Waals surface area contributed by atoms with Crippen molar-refractivity contribution in [1.29, 1.82) is 0 Å². The fourth-order valence-electron chi connectivity index (χ4n) is 1.70. The molecule has 104 valence electrons. The second-order valence-corrected chi connectivity index (χ2v) is 4.83. The predicted molar refractivity (Wildman–Crippen MR) is 75.9 cm³/mol. The van der Waals surface area contributed by atoms with Crippen molar-refractivity contribution in [1.82, 2.24) is 10.3 Å². The van der Waals surface area contributed by atoms with Crippen LogP contribution in [0.15, 0.2) is 30.3 Å². The Bertz CT molecular complexity index is 673. The smallest absolute Gasteiger partial charge is 0.308 e. The molecule has 1 aromatic heterocycles. The van der Waals surface area contributed by atoms with Crippen LogP contribution >= 0.6 is 11.6 Å². The van der Waals surface area contributed by atoms with Crippen molar-refractivity contribution in [2.24, 2.45) is 5.92 Å². The maximum absolute atomic E-state index is 11.9. The van der Waals surface area contributed by atoms with Crippen LogP contribution in [0.25, 0.3) is 10.8 Å². The maximum atomic E-state index is 11.9. The standard InChI is InChI=1S/C14H13ClN2O3/c1-8(14(19)20)7-16-13(18)11-6-9-4-2-3-5-10(9)12(15)17-11/h2-6,8H,7H2,1H3,(H,16,18)(H,19,20). The third kappa shape index (κ3) is 3.05. The van der Waals surface area contributed by atoms with Crippen LogP contribution in [0.2, 0.25) is 5.15 Å². The first-order valence-electron chi connectivity index (χ1n) is 6.05. The fraction of sp³-hybridized carbons (Fsp3) is 0.214. The number of nitrogens with zero attached hydrogens (tertiary/aromatic N) is 1. The Morgan fingerprint density at radius 2 is 2.10 bits per heavy atom. The van der Waals surface area contributed by atoms with Gasteiger partial charge in [0.15, 0.2) is 0 Å². The van der Waals surface area contributed by atoms with Crippen molar-refractivity contribution in [3.63, 3.8) is 0 Å². The molecule has 1 unspecified atom stereocenters. The molecular weight excluding hydrogens is 280 g/mol. The van der Waals surface area contributed by atoms with E-state index >= 15 is 0 Å². The number of carboxylic acid groups (broad SMARTS) is 1. The number of amides is 1. The highest BCUT2D eigenvalue weighted by Crippen LogP contribution is 2.22. The lowest BCUT2D eigenvalue weighted by atomic mass is 10.1. The summed E-state index contributed by atoms with van der Waals surface area (Å²) in [5, 5.41) is 13.1. The number of hydrogen-bond donors (Lipinski definition) is 2. The van der Waals surface area contributed by atoms with Crippen molar-refractivity contribution in [2.45, 2.75) is 6.92 Å². The van der Waals surface area contributed by atoms with Crippen LogP contribution in [-0.4, -0.2) is 28.5 Å². The number of aliphatic carboxylic acids is 1. The Morgan fingerprint density at radius 3 is 2.80 bits per heavy atom. The van der Waals surface area contributed by atoms with E-state index in [2.05, 4.69) is 10.3 Å². The van der Waals surface area contributed by atoms with E-state index in [0.29, 0.717) is 0 Å². The molecule has 0 fully saturated rings. The Hall–Kier alpha value is -2.14. The predicted octanol–water partition coefficient (Wildman–Crippen LogP) is 2.34. The summed E-state index contributed by atoms with van der Waals surface area (Å²) >= 11 is 6.03. The zero-order chi connectivity index (χ0) is 14.7. The molecule has 1 atom stereocenters. The summed E-state index contributed by atoms with van der Waals surface area (Å²) in [6, 6.07) is 8.96. The van der Waals surface area contributed by atoms with Crippen LogP contribution in [0.5, 0.6) is 0 Å². The second kappa shape index (κ2) is 5.88. The highest BCUT2D eigenvalue weighted by atomic mass is 35.5. The average Bonchev–Trinajstić information content (AvgIpc) is 2.44. The summed E-state index contributed by atoms with van der Waals surface area (Å²) in [5.41, 5.74) is 0.172. The molecule has 6 heteroatoms. The van der Waals surface area contributed by atoms with Crippen LogP contribution in [0.3, 0.4) is 0 Å². The largest absolute Gasteiger partial charge is 0.481 e. The van der Waals surface area contributed by atoms with E-state index in [-0.39, 0.29) is 17.4 Å². The normalized spacial score (nSPS) is 12.1. The van der Waals surface area contributed by atoms with Gasteiger partial charge in [0.1, 0.15) is 10.8 Å². The van der Waals surface area contributed by atoms with E-state index in [1.807, 2.05) is 24.3 Å². The number of nitrogens with one attached hydrogen (secondary N) is 1. The van der Waals surface area contributed by atoms with Gasteiger partial charge >= 0.3 is 5.97 Å². The minimum atomic E-state index is -0.963. The summed E-state index contributed by atoms with van der Waals surface area (Å²) in [6.07, 6.45) is 0. The number of fused-ring (bicyclic) bond motifs is 1. The first-order valence-corrected chi connectivity index (χ1v) is 6.43. The van der Waals surface area contributed by atoms with Crippen molar-refractivity contribution in [3.05, 3.63) is 41.2 Å². The number of halogens is 1. The highest BCUT2D eigenvalue weighted by molar-refractivity contribution is 6.34. The summed E-state index contributed by atoms with van der Waals surface area (Å²) in [5.74, 6) is -2.06. The van der Waals surface area contributed by atoms with Crippen molar-refractivity contribution in [2.75, 3.05) is 6.54 Å². The van der Waals surface area contributed by atoms with E-state index in [1.165, 1.54) is 6.92 Å². The summed E-state index contributed by atoms with van der Waals surface area (Å²) < 4.78 is 0. The lowest BCUT2D eigenvalue weighted by Gasteiger charge is -2.09. The summed E-state index contributed by atoms with van der Waals surface area (Å²) in [6.45, 7) is 1.56. The molecule has 0 radical (unpaired) electrons. The number of carbonyl (C=O) groups is 2. The monoisotopic (exact) mass is 292 g/mol. The molecule has 0 aliphatic heterocycles. The molecule has 0 spiro atoms. The summed E-state index contributed by atoms with van der Waals surface area (Å²) in [7, 11) is 0. The lowest BCUT2D eigenvalue weighted by molar-refractivity contribution is -0.140. The lowest BCUT2D eigenvalue weighted by Crippen LogP contribution is -2.32. The zero-order valence-electron chi connectivity index (χ0n) is 10.8. The molecular formula is C14H13ClN2O3. The van der Waals surface area contributed by atoms with Crippen molar-refractivity contribution in [3.8, 4) is 0 Å². The zero-order valence-corrected chi connectivity index (χ0v) is 11.5. The maximum Gasteiger partial charge on any atom is 0.308 e. The van der Waals surface area contributed by atoms with Gasteiger partial charge in [-0.3, -0.25) is 9.59 Å². The van der Waals surface area contributed by atoms with Gasteiger partial charge < -0.3 is 10.4 Å². The Kier molecular flexibility index (Phi) is 4.20. The fourth-order valence-corrected chi connectivity index (χ4v) is 1.96. The minimum Gasteiger partial charge on any atom is -0.481 e. The molecule has 2 N–H and O–H groups in total. The number of aromatic nitrogens is 1. The molecule has 1 heterocycles. The van der Waals surface area contributed by atoms with Gasteiger partial charge in [-0.05, 0) is 11.5 Å².